The molecule has 1 atom stereocenters. The average molecular weight is 492 g/mol. The van der Waals surface area contributed by atoms with Crippen molar-refractivity contribution in [1.29, 1.82) is 0 Å². The van der Waals surface area contributed by atoms with Crippen molar-refractivity contribution in [3.05, 3.63) is 59.1 Å². The largest absolute Gasteiger partial charge is 0.379 e. The number of nitrogens with zero attached hydrogens (tertiary/aromatic N) is 2. The van der Waals surface area contributed by atoms with E-state index in [-0.39, 0.29) is 23.1 Å². The van der Waals surface area contributed by atoms with E-state index >= 15 is 0 Å². The Morgan fingerprint density at radius 1 is 1.06 bits per heavy atom. The first kappa shape index (κ1) is 23.7. The molecule has 0 spiro atoms. The van der Waals surface area contributed by atoms with E-state index < -0.39 is 15.9 Å². The van der Waals surface area contributed by atoms with E-state index in [0.29, 0.717) is 50.8 Å². The summed E-state index contributed by atoms with van der Waals surface area (Å²) in [7, 11) is -3.52. The molecule has 2 saturated heterocycles. The number of benzene rings is 2. The molecule has 176 valence electrons. The number of sulfonamides is 1. The highest BCUT2D eigenvalue weighted by atomic mass is 35.5. The summed E-state index contributed by atoms with van der Waals surface area (Å²) in [5, 5.41) is 3.48. The Labute approximate surface area is 198 Å². The third-order valence-corrected chi connectivity index (χ3v) is 8.04. The molecule has 2 aliphatic heterocycles. The SMILES string of the molecule is O=C(NCCc1ccc(S(=O)(=O)N2CCOCC2)cc1)C1CC(=O)N(c2ccc(Cl)cc2)C1. The monoisotopic (exact) mass is 491 g/mol. The lowest BCUT2D eigenvalue weighted by atomic mass is 10.1. The molecule has 10 heteroatoms. The Morgan fingerprint density at radius 2 is 1.73 bits per heavy atom. The summed E-state index contributed by atoms with van der Waals surface area (Å²) in [6, 6.07) is 13.7. The van der Waals surface area contributed by atoms with Crippen LogP contribution in [0.15, 0.2) is 53.4 Å². The van der Waals surface area contributed by atoms with Crippen LogP contribution in [0.25, 0.3) is 0 Å². The fraction of sp³-hybridized carbons (Fsp3) is 0.391. The maximum absolute atomic E-state index is 12.7. The highest BCUT2D eigenvalue weighted by Gasteiger charge is 2.35. The molecule has 1 N–H and O–H groups in total. The van der Waals surface area contributed by atoms with Gasteiger partial charge in [0.1, 0.15) is 0 Å². The number of anilines is 1. The third-order valence-electron chi connectivity index (χ3n) is 5.88. The Hall–Kier alpha value is -2.46. The van der Waals surface area contributed by atoms with Crippen LogP contribution in [0.5, 0.6) is 0 Å². The molecule has 2 heterocycles. The Bertz CT molecular complexity index is 1100. The average Bonchev–Trinajstić information content (AvgIpc) is 3.22. The molecule has 2 aromatic rings. The minimum absolute atomic E-state index is 0.0884. The molecule has 0 aliphatic carbocycles. The summed E-state index contributed by atoms with van der Waals surface area (Å²) < 4.78 is 32.0. The minimum Gasteiger partial charge on any atom is -0.379 e. The van der Waals surface area contributed by atoms with Crippen molar-refractivity contribution in [3.8, 4) is 0 Å². The fourth-order valence-corrected chi connectivity index (χ4v) is 5.53. The highest BCUT2D eigenvalue weighted by Crippen LogP contribution is 2.26. The zero-order chi connectivity index (χ0) is 23.4. The van der Waals surface area contributed by atoms with E-state index in [1.165, 1.54) is 4.31 Å². The number of hydrogen-bond donors (Lipinski definition) is 1. The van der Waals surface area contributed by atoms with Gasteiger partial charge in [-0.2, -0.15) is 4.31 Å². The molecule has 8 nitrogen and oxygen atoms in total. The summed E-state index contributed by atoms with van der Waals surface area (Å²) in [6.07, 6.45) is 0.730. The molecule has 0 saturated carbocycles. The number of ether oxygens (including phenoxy) is 1. The van der Waals surface area contributed by atoms with Crippen LogP contribution in [0, 0.1) is 5.92 Å². The van der Waals surface area contributed by atoms with Crippen molar-refractivity contribution in [2.75, 3.05) is 44.3 Å². The van der Waals surface area contributed by atoms with Crippen LogP contribution in [0.3, 0.4) is 0 Å². The molecule has 33 heavy (non-hydrogen) atoms. The molecule has 4 rings (SSSR count). The molecule has 2 fully saturated rings. The lowest BCUT2D eigenvalue weighted by molar-refractivity contribution is -0.126. The molecule has 0 aromatic heterocycles. The van der Waals surface area contributed by atoms with Gasteiger partial charge >= 0.3 is 0 Å². The summed E-state index contributed by atoms with van der Waals surface area (Å²) in [5.74, 6) is -0.657. The van der Waals surface area contributed by atoms with Crippen LogP contribution in [0.4, 0.5) is 5.69 Å². The highest BCUT2D eigenvalue weighted by molar-refractivity contribution is 7.89. The number of hydrogen-bond acceptors (Lipinski definition) is 5. The van der Waals surface area contributed by atoms with Gasteiger partial charge in [0.05, 0.1) is 24.0 Å². The molecule has 2 aromatic carbocycles. The van der Waals surface area contributed by atoms with Crippen LogP contribution in [0.2, 0.25) is 5.02 Å². The number of halogens is 1. The maximum Gasteiger partial charge on any atom is 0.243 e. The zero-order valence-corrected chi connectivity index (χ0v) is 19.6. The van der Waals surface area contributed by atoms with E-state index in [1.54, 1.807) is 53.4 Å². The number of carbonyl (C=O) groups is 2. The number of carbonyl (C=O) groups excluding carboxylic acids is 2. The van der Waals surface area contributed by atoms with Crippen molar-refractivity contribution < 1.29 is 22.7 Å². The number of amides is 2. The predicted molar refractivity (Wildman–Crippen MR) is 125 cm³/mol. The summed E-state index contributed by atoms with van der Waals surface area (Å²) in [4.78, 5) is 26.8. The second-order valence-electron chi connectivity index (χ2n) is 8.08. The Morgan fingerprint density at radius 3 is 2.39 bits per heavy atom. The second-order valence-corrected chi connectivity index (χ2v) is 10.5. The first-order valence-electron chi connectivity index (χ1n) is 10.8. The van der Waals surface area contributed by atoms with Crippen molar-refractivity contribution in [2.45, 2.75) is 17.7 Å². The standard InChI is InChI=1S/C23H26ClN3O5S/c24-19-3-5-20(6-4-19)27-16-18(15-22(27)28)23(29)25-10-9-17-1-7-21(8-2-17)33(30,31)26-11-13-32-14-12-26/h1-8,18H,9-16H2,(H,25,29). The van der Waals surface area contributed by atoms with E-state index in [0.717, 1.165) is 11.3 Å². The Balaban J connectivity index is 1.27. The summed E-state index contributed by atoms with van der Waals surface area (Å²) >= 11 is 5.90. The first-order chi connectivity index (χ1) is 15.8. The minimum atomic E-state index is -3.52. The van der Waals surface area contributed by atoms with Crippen molar-refractivity contribution in [3.63, 3.8) is 0 Å². The van der Waals surface area contributed by atoms with Gasteiger partial charge in [-0.3, -0.25) is 9.59 Å². The summed E-state index contributed by atoms with van der Waals surface area (Å²) in [6.45, 7) is 2.26. The quantitative estimate of drug-likeness (QED) is 0.639. The van der Waals surface area contributed by atoms with Crippen molar-refractivity contribution in [2.24, 2.45) is 5.92 Å². The Kier molecular flexibility index (Phi) is 7.33. The van der Waals surface area contributed by atoms with Gasteiger partial charge in [0.15, 0.2) is 0 Å². The van der Waals surface area contributed by atoms with Gasteiger partial charge < -0.3 is 15.0 Å². The summed E-state index contributed by atoms with van der Waals surface area (Å²) in [5.41, 5.74) is 1.65. The molecular weight excluding hydrogens is 466 g/mol. The van der Waals surface area contributed by atoms with E-state index in [1.807, 2.05) is 0 Å². The fourth-order valence-electron chi connectivity index (χ4n) is 3.99. The van der Waals surface area contributed by atoms with Crippen LogP contribution in [-0.2, 0) is 30.8 Å². The van der Waals surface area contributed by atoms with Crippen LogP contribution in [-0.4, -0.2) is 63.9 Å². The molecule has 2 amide bonds. The van der Waals surface area contributed by atoms with Gasteiger partial charge in [-0.15, -0.1) is 0 Å². The number of morpholine rings is 1. The second kappa shape index (κ2) is 10.2. The molecule has 2 aliphatic rings. The predicted octanol–water partition coefficient (Wildman–Crippen LogP) is 2.07. The lowest BCUT2D eigenvalue weighted by Crippen LogP contribution is -2.40. The molecule has 1 unspecified atom stereocenters. The van der Waals surface area contributed by atoms with Gasteiger partial charge in [0.25, 0.3) is 0 Å². The van der Waals surface area contributed by atoms with E-state index in [4.69, 9.17) is 16.3 Å². The maximum atomic E-state index is 12.7. The molecule has 0 radical (unpaired) electrons. The molecular formula is C23H26ClN3O5S. The van der Waals surface area contributed by atoms with Gasteiger partial charge in [-0.25, -0.2) is 8.42 Å². The van der Waals surface area contributed by atoms with Gasteiger partial charge in [-0.05, 0) is 48.4 Å². The van der Waals surface area contributed by atoms with Crippen LogP contribution >= 0.6 is 11.6 Å². The van der Waals surface area contributed by atoms with Crippen molar-refractivity contribution >= 4 is 39.1 Å². The molecule has 0 bridgehead atoms. The van der Waals surface area contributed by atoms with Crippen molar-refractivity contribution in [1.82, 2.24) is 9.62 Å². The van der Waals surface area contributed by atoms with E-state index in [9.17, 15) is 18.0 Å². The van der Waals surface area contributed by atoms with Crippen LogP contribution < -0.4 is 10.2 Å². The third kappa shape index (κ3) is 5.55. The lowest BCUT2D eigenvalue weighted by Gasteiger charge is -2.26. The first-order valence-corrected chi connectivity index (χ1v) is 12.7. The zero-order valence-electron chi connectivity index (χ0n) is 18.1. The number of nitrogens with one attached hydrogen (secondary N) is 1. The van der Waals surface area contributed by atoms with Gasteiger partial charge in [0, 0.05) is 43.3 Å². The normalized spacial score (nSPS) is 19.6. The topological polar surface area (TPSA) is 96.0 Å². The van der Waals surface area contributed by atoms with Gasteiger partial charge in [-0.1, -0.05) is 23.7 Å². The van der Waals surface area contributed by atoms with Crippen LogP contribution in [0.1, 0.15) is 12.0 Å². The van der Waals surface area contributed by atoms with E-state index in [2.05, 4.69) is 5.32 Å². The number of rotatable bonds is 7. The smallest absolute Gasteiger partial charge is 0.243 e. The van der Waals surface area contributed by atoms with Gasteiger partial charge in [0.2, 0.25) is 21.8 Å².